The molecule has 8 nitrogen and oxygen atoms in total. The van der Waals surface area contributed by atoms with Gasteiger partial charge in [0.25, 0.3) is 17.4 Å². The molecule has 28 heavy (non-hydrogen) atoms. The summed E-state index contributed by atoms with van der Waals surface area (Å²) in [6, 6.07) is 15.7. The molecule has 3 aromatic rings. The van der Waals surface area contributed by atoms with Crippen LogP contribution in [-0.2, 0) is 0 Å². The van der Waals surface area contributed by atoms with Gasteiger partial charge >= 0.3 is 5.97 Å². The van der Waals surface area contributed by atoms with Gasteiger partial charge in [-0.1, -0.05) is 30.3 Å². The van der Waals surface area contributed by atoms with Crippen molar-refractivity contribution in [2.75, 3.05) is 5.73 Å². The van der Waals surface area contributed by atoms with Gasteiger partial charge in [0.05, 0.1) is 22.4 Å². The van der Waals surface area contributed by atoms with Gasteiger partial charge < -0.3 is 10.5 Å². The quantitative estimate of drug-likeness (QED) is 0.407. The van der Waals surface area contributed by atoms with E-state index in [4.69, 9.17) is 10.5 Å². The van der Waals surface area contributed by atoms with Gasteiger partial charge in [-0.05, 0) is 24.3 Å². The van der Waals surface area contributed by atoms with Crippen LogP contribution in [0.4, 0.5) is 5.82 Å². The number of nitrogens with one attached hydrogen (secondary N) is 1. The first-order valence-electron chi connectivity index (χ1n) is 8.25. The summed E-state index contributed by atoms with van der Waals surface area (Å²) < 4.78 is 6.36. The van der Waals surface area contributed by atoms with E-state index < -0.39 is 23.3 Å². The Morgan fingerprint density at radius 2 is 1.61 bits per heavy atom. The topological polar surface area (TPSA) is 120 Å². The summed E-state index contributed by atoms with van der Waals surface area (Å²) in [6.45, 7) is 0. The minimum Gasteiger partial charge on any atom is -0.423 e. The van der Waals surface area contributed by atoms with Gasteiger partial charge in [0, 0.05) is 6.07 Å². The lowest BCUT2D eigenvalue weighted by atomic mass is 10.1. The highest BCUT2D eigenvalue weighted by molar-refractivity contribution is 6.23. The molecule has 138 valence electrons. The molecular formula is C20H13N3O5. The number of hydrogen-bond acceptors (Lipinski definition) is 6. The number of nitrogens with zero attached hydrogens (tertiary/aromatic N) is 1. The van der Waals surface area contributed by atoms with Gasteiger partial charge in [0.2, 0.25) is 0 Å². The van der Waals surface area contributed by atoms with Gasteiger partial charge in [-0.3, -0.25) is 24.3 Å². The number of carbonyl (C=O) groups excluding carboxylic acids is 3. The van der Waals surface area contributed by atoms with E-state index in [2.05, 4.69) is 5.32 Å². The van der Waals surface area contributed by atoms with Crippen molar-refractivity contribution in [3.8, 4) is 11.4 Å². The van der Waals surface area contributed by atoms with Crippen LogP contribution in [0.25, 0.3) is 5.69 Å². The number of esters is 1. The van der Waals surface area contributed by atoms with E-state index in [9.17, 15) is 19.2 Å². The molecule has 1 aliphatic rings. The molecule has 8 heteroatoms. The summed E-state index contributed by atoms with van der Waals surface area (Å²) in [7, 11) is 0. The molecule has 1 aromatic heterocycles. The summed E-state index contributed by atoms with van der Waals surface area (Å²) in [6.07, 6.45) is 0. The Morgan fingerprint density at radius 3 is 2.36 bits per heavy atom. The predicted octanol–water partition coefficient (Wildman–Crippen LogP) is 1.52. The van der Waals surface area contributed by atoms with Crippen LogP contribution >= 0.6 is 0 Å². The molecule has 1 aliphatic heterocycles. The van der Waals surface area contributed by atoms with Gasteiger partial charge in [-0.2, -0.15) is 0 Å². The Balaban J connectivity index is 1.85. The van der Waals surface area contributed by atoms with Crippen LogP contribution in [0.5, 0.6) is 5.75 Å². The maximum absolute atomic E-state index is 12.7. The highest BCUT2D eigenvalue weighted by Gasteiger charge is 2.32. The highest BCUT2D eigenvalue weighted by Crippen LogP contribution is 2.25. The summed E-state index contributed by atoms with van der Waals surface area (Å²) in [5.41, 5.74) is 5.41. The smallest absolute Gasteiger partial charge is 0.345 e. The van der Waals surface area contributed by atoms with Crippen molar-refractivity contribution in [2.45, 2.75) is 0 Å². The maximum Gasteiger partial charge on any atom is 0.345 e. The number of hydrogen-bond donors (Lipinski definition) is 2. The molecule has 0 atom stereocenters. The first-order valence-corrected chi connectivity index (χ1v) is 8.25. The summed E-state index contributed by atoms with van der Waals surface area (Å²) in [5.74, 6) is -1.98. The Kier molecular flexibility index (Phi) is 4.00. The first kappa shape index (κ1) is 17.2. The Bertz CT molecular complexity index is 1200. The van der Waals surface area contributed by atoms with Crippen LogP contribution in [0.3, 0.4) is 0 Å². The molecule has 0 radical (unpaired) electrons. The second kappa shape index (κ2) is 6.51. The van der Waals surface area contributed by atoms with Crippen LogP contribution in [0.2, 0.25) is 0 Å². The normalized spacial score (nSPS) is 12.4. The number of amides is 2. The van der Waals surface area contributed by atoms with E-state index in [-0.39, 0.29) is 28.2 Å². The second-order valence-electron chi connectivity index (χ2n) is 5.99. The molecule has 2 amide bonds. The van der Waals surface area contributed by atoms with Crippen molar-refractivity contribution in [3.63, 3.8) is 0 Å². The third-order valence-electron chi connectivity index (χ3n) is 4.27. The number of nitrogens with two attached hydrogens (primary N) is 1. The fourth-order valence-electron chi connectivity index (χ4n) is 3.02. The molecule has 2 heterocycles. The van der Waals surface area contributed by atoms with E-state index in [0.29, 0.717) is 5.75 Å². The molecule has 0 unspecified atom stereocenters. The minimum atomic E-state index is -0.700. The van der Waals surface area contributed by atoms with E-state index in [1.54, 1.807) is 42.5 Å². The maximum atomic E-state index is 12.7. The molecule has 0 fully saturated rings. The Labute approximate surface area is 158 Å². The van der Waals surface area contributed by atoms with Crippen molar-refractivity contribution in [1.29, 1.82) is 0 Å². The molecule has 0 saturated heterocycles. The third-order valence-corrected chi connectivity index (χ3v) is 4.27. The molecule has 0 spiro atoms. The van der Waals surface area contributed by atoms with E-state index in [1.807, 2.05) is 0 Å². The number of ether oxygens (including phenoxy) is 1. The van der Waals surface area contributed by atoms with E-state index in [1.165, 1.54) is 12.1 Å². The van der Waals surface area contributed by atoms with Gasteiger partial charge in [-0.15, -0.1) is 0 Å². The zero-order valence-corrected chi connectivity index (χ0v) is 14.3. The third kappa shape index (κ3) is 2.73. The number of anilines is 1. The number of carbonyl (C=O) groups is 3. The van der Waals surface area contributed by atoms with Crippen molar-refractivity contribution in [3.05, 3.63) is 87.7 Å². The summed E-state index contributed by atoms with van der Waals surface area (Å²) in [5, 5.41) is 2.10. The number of nitrogen functional groups attached to an aromatic ring is 1. The number of para-hydroxylation sites is 2. The van der Waals surface area contributed by atoms with Crippen molar-refractivity contribution in [1.82, 2.24) is 9.88 Å². The lowest BCUT2D eigenvalue weighted by Crippen LogP contribution is -2.26. The van der Waals surface area contributed by atoms with Crippen LogP contribution in [0.1, 0.15) is 31.1 Å². The number of benzene rings is 2. The highest BCUT2D eigenvalue weighted by atomic mass is 16.5. The molecule has 4 rings (SSSR count). The lowest BCUT2D eigenvalue weighted by molar-refractivity contribution is 0.0734. The van der Waals surface area contributed by atoms with Crippen molar-refractivity contribution in [2.24, 2.45) is 0 Å². The average Bonchev–Trinajstić information content (AvgIpc) is 2.96. The van der Waals surface area contributed by atoms with Crippen LogP contribution in [0, 0.1) is 0 Å². The predicted molar refractivity (Wildman–Crippen MR) is 99.6 cm³/mol. The Morgan fingerprint density at radius 1 is 0.929 bits per heavy atom. The second-order valence-corrected chi connectivity index (χ2v) is 5.99. The minimum absolute atomic E-state index is 0.0739. The lowest BCUT2D eigenvalue weighted by Gasteiger charge is -2.15. The van der Waals surface area contributed by atoms with Crippen molar-refractivity contribution >= 4 is 23.6 Å². The van der Waals surface area contributed by atoms with Gasteiger partial charge in [-0.25, -0.2) is 4.79 Å². The number of pyridine rings is 1. The average molecular weight is 375 g/mol. The van der Waals surface area contributed by atoms with Crippen LogP contribution < -0.4 is 21.3 Å². The molecular weight excluding hydrogens is 362 g/mol. The fraction of sp³-hybridized carbons (Fsp3) is 0. The number of fused-ring (bicyclic) bond motifs is 1. The molecule has 2 aromatic carbocycles. The number of imide groups is 1. The van der Waals surface area contributed by atoms with E-state index >= 15 is 0 Å². The summed E-state index contributed by atoms with van der Waals surface area (Å²) >= 11 is 0. The molecule has 3 N–H and O–H groups in total. The molecule has 0 aliphatic carbocycles. The summed E-state index contributed by atoms with van der Waals surface area (Å²) in [4.78, 5) is 49.1. The SMILES string of the molecule is Nc1c2c(cc(=O)n1-c1ccccc1C(=O)Oc1ccccc1)C(=O)NC2=O. The standard InChI is InChI=1S/C20H13N3O5/c21-17-16-13(18(25)22-19(16)26)10-15(24)23(17)14-9-5-4-8-12(14)20(27)28-11-6-2-1-3-7-11/h1-10H,21H2,(H,22,25,26). The zero-order chi connectivity index (χ0) is 19.8. The Hall–Kier alpha value is -4.20. The largest absolute Gasteiger partial charge is 0.423 e. The monoisotopic (exact) mass is 375 g/mol. The number of rotatable bonds is 3. The zero-order valence-electron chi connectivity index (χ0n) is 14.3. The van der Waals surface area contributed by atoms with Gasteiger partial charge in [0.15, 0.2) is 0 Å². The van der Waals surface area contributed by atoms with Crippen molar-refractivity contribution < 1.29 is 19.1 Å². The molecule has 0 bridgehead atoms. The van der Waals surface area contributed by atoms with Gasteiger partial charge in [0.1, 0.15) is 11.6 Å². The van der Waals surface area contributed by atoms with E-state index in [0.717, 1.165) is 10.6 Å². The number of aromatic nitrogens is 1. The molecule has 0 saturated carbocycles. The van der Waals surface area contributed by atoms with Crippen LogP contribution in [0.15, 0.2) is 65.5 Å². The fourth-order valence-corrected chi connectivity index (χ4v) is 3.02. The first-order chi connectivity index (χ1) is 13.5. The van der Waals surface area contributed by atoms with Crippen LogP contribution in [-0.4, -0.2) is 22.4 Å².